The molecule has 44 valence electrons. The van der Waals surface area contributed by atoms with Crippen LogP contribution in [0.3, 0.4) is 0 Å². The zero-order valence-electron chi connectivity index (χ0n) is 4.75. The molecule has 0 aromatic carbocycles. The molecule has 0 amide bonds. The highest BCUT2D eigenvalue weighted by atomic mass is 16.3. The van der Waals surface area contributed by atoms with Gasteiger partial charge in [0.2, 0.25) is 0 Å². The van der Waals surface area contributed by atoms with Crippen LogP contribution in [0.5, 0.6) is 0 Å². The molecular weight excluding hydrogens is 100 g/mol. The Labute approximate surface area is 49.0 Å². The fourth-order valence-electron chi connectivity index (χ4n) is 1.75. The van der Waals surface area contributed by atoms with Crippen molar-refractivity contribution in [3.63, 3.8) is 0 Å². The summed E-state index contributed by atoms with van der Waals surface area (Å²) >= 11 is 0. The molecule has 0 aromatic heterocycles. The van der Waals surface area contributed by atoms with Crippen molar-refractivity contribution in [3.05, 3.63) is 12.2 Å². The number of aliphatic hydroxyl groups is 1. The first-order valence-electron chi connectivity index (χ1n) is 3.24. The summed E-state index contributed by atoms with van der Waals surface area (Å²) in [6, 6.07) is 0. The second kappa shape index (κ2) is 1.35. The van der Waals surface area contributed by atoms with Crippen LogP contribution in [0.1, 0.15) is 12.8 Å². The van der Waals surface area contributed by atoms with E-state index in [1.165, 1.54) is 12.8 Å². The van der Waals surface area contributed by atoms with Crippen LogP contribution >= 0.6 is 0 Å². The molecule has 2 atom stereocenters. The van der Waals surface area contributed by atoms with Crippen LogP contribution in [0.4, 0.5) is 0 Å². The average molecular weight is 110 g/mol. The fraction of sp³-hybridized carbons (Fsp3) is 0.714. The Bertz CT molecular complexity index is 114. The quantitative estimate of drug-likeness (QED) is 0.460. The fourth-order valence-corrected chi connectivity index (χ4v) is 1.75. The largest absolute Gasteiger partial charge is 0.392 e. The lowest BCUT2D eigenvalue weighted by atomic mass is 10.1. The lowest BCUT2D eigenvalue weighted by Crippen LogP contribution is -2.11. The van der Waals surface area contributed by atoms with Crippen LogP contribution in [0.15, 0.2) is 12.2 Å². The number of fused-ring (bicyclic) bond motifs is 2. The molecule has 2 aliphatic rings. The number of hydrogen-bond donors (Lipinski definition) is 1. The number of aliphatic hydroxyl groups excluding tert-OH is 1. The van der Waals surface area contributed by atoms with Crippen molar-refractivity contribution in [1.29, 1.82) is 0 Å². The van der Waals surface area contributed by atoms with Crippen molar-refractivity contribution in [1.82, 2.24) is 0 Å². The molecule has 2 aliphatic carbocycles. The predicted molar refractivity (Wildman–Crippen MR) is 31.4 cm³/mol. The zero-order chi connectivity index (χ0) is 5.56. The van der Waals surface area contributed by atoms with Gasteiger partial charge in [0.25, 0.3) is 0 Å². The third-order valence-electron chi connectivity index (χ3n) is 2.32. The first-order valence-corrected chi connectivity index (χ1v) is 3.24. The maximum Gasteiger partial charge on any atom is 0.0665 e. The molecule has 8 heavy (non-hydrogen) atoms. The van der Waals surface area contributed by atoms with Crippen molar-refractivity contribution in [3.8, 4) is 0 Å². The van der Waals surface area contributed by atoms with Gasteiger partial charge in [-0.25, -0.2) is 0 Å². The molecule has 0 radical (unpaired) electrons. The van der Waals surface area contributed by atoms with Crippen molar-refractivity contribution in [2.24, 2.45) is 11.8 Å². The highest BCUT2D eigenvalue weighted by molar-refractivity contribution is 5.11. The van der Waals surface area contributed by atoms with E-state index in [9.17, 15) is 5.11 Å². The lowest BCUT2D eigenvalue weighted by Gasteiger charge is -2.04. The Balaban J connectivity index is 2.27. The minimum atomic E-state index is -0.0185. The van der Waals surface area contributed by atoms with E-state index in [1.807, 2.05) is 0 Å². The van der Waals surface area contributed by atoms with Gasteiger partial charge in [-0.15, -0.1) is 0 Å². The van der Waals surface area contributed by atoms with Gasteiger partial charge in [0.15, 0.2) is 0 Å². The van der Waals surface area contributed by atoms with Crippen LogP contribution in [0, 0.1) is 11.8 Å². The van der Waals surface area contributed by atoms with Gasteiger partial charge in [0.1, 0.15) is 0 Å². The van der Waals surface area contributed by atoms with E-state index in [0.29, 0.717) is 11.8 Å². The molecular formula is C7H10O. The number of rotatable bonds is 0. The third-order valence-corrected chi connectivity index (χ3v) is 2.32. The molecule has 1 heteroatoms. The summed E-state index contributed by atoms with van der Waals surface area (Å²) in [5, 5.41) is 9.27. The van der Waals surface area contributed by atoms with Gasteiger partial charge in [-0.2, -0.15) is 0 Å². The minimum absolute atomic E-state index is 0.0185. The highest BCUT2D eigenvalue weighted by Gasteiger charge is 2.35. The molecule has 1 fully saturated rings. The standard InChI is InChI=1S/C7H10O/c8-7-5-1-2-6(7)4-3-5/h1-2,5-8H,3-4H2. The first-order chi connectivity index (χ1) is 3.88. The van der Waals surface area contributed by atoms with E-state index < -0.39 is 0 Å². The van der Waals surface area contributed by atoms with Crippen LogP contribution in [-0.4, -0.2) is 11.2 Å². The Morgan fingerprint density at radius 3 is 1.75 bits per heavy atom. The molecule has 1 nitrogen and oxygen atoms in total. The third kappa shape index (κ3) is 0.402. The van der Waals surface area contributed by atoms with Gasteiger partial charge >= 0.3 is 0 Å². The molecule has 1 saturated carbocycles. The van der Waals surface area contributed by atoms with Gasteiger partial charge in [-0.1, -0.05) is 12.2 Å². The van der Waals surface area contributed by atoms with Crippen LogP contribution in [-0.2, 0) is 0 Å². The zero-order valence-corrected chi connectivity index (χ0v) is 4.75. The van der Waals surface area contributed by atoms with Crippen LogP contribution in [0.2, 0.25) is 0 Å². The summed E-state index contributed by atoms with van der Waals surface area (Å²) in [4.78, 5) is 0. The maximum atomic E-state index is 9.27. The summed E-state index contributed by atoms with van der Waals surface area (Å²) in [7, 11) is 0. The lowest BCUT2D eigenvalue weighted by molar-refractivity contribution is 0.137. The summed E-state index contributed by atoms with van der Waals surface area (Å²) in [5.74, 6) is 1.03. The Morgan fingerprint density at radius 1 is 1.12 bits per heavy atom. The van der Waals surface area contributed by atoms with E-state index >= 15 is 0 Å². The second-order valence-electron chi connectivity index (χ2n) is 2.78. The van der Waals surface area contributed by atoms with Crippen molar-refractivity contribution in [2.75, 3.05) is 0 Å². The Morgan fingerprint density at radius 2 is 1.62 bits per heavy atom. The number of hydrogen-bond acceptors (Lipinski definition) is 1. The van der Waals surface area contributed by atoms with E-state index in [0.717, 1.165) is 0 Å². The SMILES string of the molecule is OC1C2C=CC1CC2. The Hall–Kier alpha value is -0.300. The molecule has 0 spiro atoms. The summed E-state index contributed by atoms with van der Waals surface area (Å²) in [6.45, 7) is 0. The van der Waals surface area contributed by atoms with Gasteiger partial charge in [-0.3, -0.25) is 0 Å². The molecule has 2 bridgehead atoms. The maximum absolute atomic E-state index is 9.27. The molecule has 0 heterocycles. The molecule has 0 aliphatic heterocycles. The van der Waals surface area contributed by atoms with Crippen molar-refractivity contribution < 1.29 is 5.11 Å². The first kappa shape index (κ1) is 4.57. The minimum Gasteiger partial charge on any atom is -0.392 e. The smallest absolute Gasteiger partial charge is 0.0665 e. The normalized spacial score (nSPS) is 50.9. The molecule has 0 aromatic rings. The highest BCUT2D eigenvalue weighted by Crippen LogP contribution is 2.38. The van der Waals surface area contributed by atoms with E-state index in [4.69, 9.17) is 0 Å². The van der Waals surface area contributed by atoms with Crippen LogP contribution in [0.25, 0.3) is 0 Å². The molecule has 2 unspecified atom stereocenters. The van der Waals surface area contributed by atoms with Crippen LogP contribution < -0.4 is 0 Å². The van der Waals surface area contributed by atoms with E-state index in [-0.39, 0.29) is 6.10 Å². The predicted octanol–water partition coefficient (Wildman–Crippen LogP) is 0.943. The summed E-state index contributed by atoms with van der Waals surface area (Å²) < 4.78 is 0. The van der Waals surface area contributed by atoms with E-state index in [2.05, 4.69) is 12.2 Å². The van der Waals surface area contributed by atoms with Crippen molar-refractivity contribution in [2.45, 2.75) is 18.9 Å². The van der Waals surface area contributed by atoms with E-state index in [1.54, 1.807) is 0 Å². The molecule has 0 saturated heterocycles. The summed E-state index contributed by atoms with van der Waals surface area (Å²) in [6.07, 6.45) is 6.71. The van der Waals surface area contributed by atoms with Gasteiger partial charge in [0.05, 0.1) is 6.10 Å². The Kier molecular flexibility index (Phi) is 0.770. The topological polar surface area (TPSA) is 20.2 Å². The molecule has 2 rings (SSSR count). The monoisotopic (exact) mass is 110 g/mol. The van der Waals surface area contributed by atoms with Gasteiger partial charge in [0, 0.05) is 11.8 Å². The molecule has 1 N–H and O–H groups in total. The van der Waals surface area contributed by atoms with Gasteiger partial charge in [-0.05, 0) is 12.8 Å². The summed E-state index contributed by atoms with van der Waals surface area (Å²) in [5.41, 5.74) is 0. The second-order valence-corrected chi connectivity index (χ2v) is 2.78. The van der Waals surface area contributed by atoms with Crippen molar-refractivity contribution >= 4 is 0 Å². The van der Waals surface area contributed by atoms with Gasteiger partial charge < -0.3 is 5.11 Å². The average Bonchev–Trinajstić information content (AvgIpc) is 2.29.